The Hall–Kier alpha value is -4.02. The second-order valence-electron chi connectivity index (χ2n) is 7.57. The van der Waals surface area contributed by atoms with E-state index in [9.17, 15) is 9.18 Å². The Labute approximate surface area is 171 Å². The average Bonchev–Trinajstić information content (AvgIpc) is 3.33. The average molecular weight is 413 g/mol. The number of carbonyl (C=O) groups excluding carboxylic acids is 1. The zero-order valence-electron chi connectivity index (χ0n) is 16.5. The van der Waals surface area contributed by atoms with E-state index in [1.54, 1.807) is 18.5 Å². The Morgan fingerprint density at radius 3 is 2.83 bits per heavy atom. The fourth-order valence-electron chi connectivity index (χ4n) is 2.63. The quantitative estimate of drug-likeness (QED) is 0.608. The van der Waals surface area contributed by atoms with E-state index in [0.29, 0.717) is 17.2 Å². The number of rotatable bonds is 4. The predicted octanol–water partition coefficient (Wildman–Crippen LogP) is 3.18. The summed E-state index contributed by atoms with van der Waals surface area (Å²) in [7, 11) is 0. The number of hydrogen-bond donors (Lipinski definition) is 4. The van der Waals surface area contributed by atoms with Crippen LogP contribution >= 0.6 is 0 Å². The highest BCUT2D eigenvalue weighted by molar-refractivity contribution is 5.99. The summed E-state index contributed by atoms with van der Waals surface area (Å²) in [5.41, 5.74) is 7.03. The lowest BCUT2D eigenvalue weighted by atomic mass is 9.93. The van der Waals surface area contributed by atoms with Crippen LogP contribution in [0.25, 0.3) is 0 Å². The number of urea groups is 1. The zero-order chi connectivity index (χ0) is 21.3. The van der Waals surface area contributed by atoms with Gasteiger partial charge in [-0.1, -0.05) is 25.9 Å². The van der Waals surface area contributed by atoms with Crippen molar-refractivity contribution in [2.75, 3.05) is 10.6 Å². The van der Waals surface area contributed by atoms with Gasteiger partial charge in [0.25, 0.3) is 0 Å². The van der Waals surface area contributed by atoms with Gasteiger partial charge in [-0.3, -0.25) is 10.7 Å². The maximum atomic E-state index is 14.5. The van der Waals surface area contributed by atoms with E-state index in [0.717, 1.165) is 6.07 Å². The molecule has 0 atom stereocenters. The number of carbonyl (C=O) groups is 1. The van der Waals surface area contributed by atoms with Gasteiger partial charge >= 0.3 is 6.03 Å². The topological polar surface area (TPSA) is 116 Å². The van der Waals surface area contributed by atoms with Crippen molar-refractivity contribution >= 4 is 23.9 Å². The number of benzene rings is 1. The lowest BCUT2D eigenvalue weighted by Crippen LogP contribution is -2.30. The van der Waals surface area contributed by atoms with Gasteiger partial charge < -0.3 is 20.1 Å². The molecule has 30 heavy (non-hydrogen) atoms. The number of hydrazine groups is 1. The van der Waals surface area contributed by atoms with Crippen LogP contribution in [0.4, 0.5) is 20.7 Å². The molecule has 2 aromatic rings. The molecule has 4 rings (SSSR count). The Balaban J connectivity index is 1.38. The first-order valence-electron chi connectivity index (χ1n) is 9.07. The smallest absolute Gasteiger partial charge is 0.324 e. The number of hydroxylamine groups is 2. The fourth-order valence-corrected chi connectivity index (χ4v) is 2.63. The molecule has 0 unspecified atom stereocenters. The molecule has 0 aliphatic carbocycles. The highest BCUT2D eigenvalue weighted by Gasteiger charge is 2.23. The molecule has 0 spiro atoms. The lowest BCUT2D eigenvalue weighted by Gasteiger charge is -2.23. The van der Waals surface area contributed by atoms with Crippen LogP contribution < -0.4 is 26.3 Å². The second-order valence-corrected chi connectivity index (χ2v) is 7.57. The van der Waals surface area contributed by atoms with Crippen molar-refractivity contribution in [2.45, 2.75) is 26.2 Å². The van der Waals surface area contributed by atoms with Crippen molar-refractivity contribution in [3.05, 3.63) is 59.6 Å². The molecular weight excluding hydrogens is 393 g/mol. The molecular formula is C19H20FN7O3. The van der Waals surface area contributed by atoms with Gasteiger partial charge in [-0.2, -0.15) is 5.06 Å². The summed E-state index contributed by atoms with van der Waals surface area (Å²) in [5, 5.41) is 10.2. The number of nitrogens with zero attached hydrogens (tertiary/aromatic N) is 3. The first-order chi connectivity index (χ1) is 14.3. The third-order valence-electron chi connectivity index (χ3n) is 4.18. The minimum absolute atomic E-state index is 0.0345. The highest BCUT2D eigenvalue weighted by Crippen LogP contribution is 2.26. The van der Waals surface area contributed by atoms with Crippen LogP contribution in [0.5, 0.6) is 5.75 Å². The van der Waals surface area contributed by atoms with Crippen molar-refractivity contribution in [2.24, 2.45) is 4.99 Å². The monoisotopic (exact) mass is 413 g/mol. The second kappa shape index (κ2) is 7.43. The van der Waals surface area contributed by atoms with Crippen LogP contribution in [0, 0.1) is 5.82 Å². The molecule has 11 heteroatoms. The van der Waals surface area contributed by atoms with E-state index in [1.807, 2.05) is 20.8 Å². The number of fused-ring (bicyclic) bond motifs is 1. The van der Waals surface area contributed by atoms with Gasteiger partial charge in [-0.05, 0) is 12.1 Å². The van der Waals surface area contributed by atoms with Gasteiger partial charge in [0.2, 0.25) is 0 Å². The molecule has 2 aliphatic rings. The summed E-state index contributed by atoms with van der Waals surface area (Å²) >= 11 is 0. The van der Waals surface area contributed by atoms with Gasteiger partial charge in [0, 0.05) is 29.4 Å². The summed E-state index contributed by atoms with van der Waals surface area (Å²) in [6.45, 7) is 5.90. The van der Waals surface area contributed by atoms with Crippen LogP contribution in [-0.2, 0) is 5.41 Å². The zero-order valence-corrected chi connectivity index (χ0v) is 16.5. The van der Waals surface area contributed by atoms with Crippen molar-refractivity contribution in [1.82, 2.24) is 21.1 Å². The SMILES string of the molecule is CC(C)(C)c1cc(NC(=O)Nc2ccc(ON3C=NC=C4NNC=C43)c(F)c2)no1. The van der Waals surface area contributed by atoms with Crippen molar-refractivity contribution < 1.29 is 18.5 Å². The van der Waals surface area contributed by atoms with Gasteiger partial charge in [-0.25, -0.2) is 14.2 Å². The number of aliphatic imine (C=N–C) groups is 1. The van der Waals surface area contributed by atoms with Crippen LogP contribution in [0.2, 0.25) is 0 Å². The Morgan fingerprint density at radius 1 is 1.27 bits per heavy atom. The lowest BCUT2D eigenvalue weighted by molar-refractivity contribution is 0.0591. The molecule has 1 aromatic carbocycles. The summed E-state index contributed by atoms with van der Waals surface area (Å²) in [5.74, 6) is 0.201. The molecule has 3 heterocycles. The van der Waals surface area contributed by atoms with Gasteiger partial charge in [0.05, 0.1) is 6.20 Å². The minimum atomic E-state index is -0.659. The van der Waals surface area contributed by atoms with Gasteiger partial charge in [0.15, 0.2) is 17.4 Å². The Kier molecular flexibility index (Phi) is 4.78. The first kappa shape index (κ1) is 19.3. The summed E-state index contributed by atoms with van der Waals surface area (Å²) in [6.07, 6.45) is 4.67. The summed E-state index contributed by atoms with van der Waals surface area (Å²) in [6, 6.07) is 5.12. The van der Waals surface area contributed by atoms with Gasteiger partial charge in [0.1, 0.15) is 23.5 Å². The van der Waals surface area contributed by atoms with Crippen LogP contribution in [-0.4, -0.2) is 22.6 Å². The minimum Gasteiger partial charge on any atom is -0.371 e. The van der Waals surface area contributed by atoms with E-state index in [1.165, 1.54) is 23.5 Å². The third kappa shape index (κ3) is 4.04. The van der Waals surface area contributed by atoms with E-state index in [-0.39, 0.29) is 22.7 Å². The molecule has 0 radical (unpaired) electrons. The van der Waals surface area contributed by atoms with E-state index >= 15 is 0 Å². The third-order valence-corrected chi connectivity index (χ3v) is 4.18. The first-order valence-corrected chi connectivity index (χ1v) is 9.07. The number of amides is 2. The molecule has 0 saturated carbocycles. The molecule has 1 aromatic heterocycles. The van der Waals surface area contributed by atoms with E-state index in [2.05, 4.69) is 31.6 Å². The molecule has 156 valence electrons. The van der Waals surface area contributed by atoms with Crippen molar-refractivity contribution in [1.29, 1.82) is 0 Å². The normalized spacial score (nSPS) is 14.9. The maximum absolute atomic E-state index is 14.5. The number of hydrogen-bond acceptors (Lipinski definition) is 8. The summed E-state index contributed by atoms with van der Waals surface area (Å²) in [4.78, 5) is 21.7. The molecule has 2 aliphatic heterocycles. The Morgan fingerprint density at radius 2 is 2.10 bits per heavy atom. The molecule has 10 nitrogen and oxygen atoms in total. The number of nitrogens with one attached hydrogen (secondary N) is 4. The van der Waals surface area contributed by atoms with Gasteiger partial charge in [-0.15, -0.1) is 0 Å². The Bertz CT molecular complexity index is 1070. The van der Waals surface area contributed by atoms with Crippen LogP contribution in [0.3, 0.4) is 0 Å². The number of aromatic nitrogens is 1. The highest BCUT2D eigenvalue weighted by atomic mass is 19.1. The standard InChI is InChI=1S/C19H20FN7O3/c1-19(2,3)16-7-17(26-29-16)24-18(28)23-11-4-5-15(12(20)6-11)30-27-10-21-8-13-14(27)9-22-25-13/h4-10,22,25H,1-3H3,(H2,23,24,26,28). The molecule has 0 saturated heterocycles. The van der Waals surface area contributed by atoms with E-state index in [4.69, 9.17) is 9.36 Å². The van der Waals surface area contributed by atoms with E-state index < -0.39 is 11.8 Å². The van der Waals surface area contributed by atoms with Crippen molar-refractivity contribution in [3.8, 4) is 5.75 Å². The number of halogens is 1. The van der Waals surface area contributed by atoms with Crippen LogP contribution in [0.15, 0.2) is 57.6 Å². The predicted molar refractivity (Wildman–Crippen MR) is 108 cm³/mol. The maximum Gasteiger partial charge on any atom is 0.324 e. The molecule has 0 bridgehead atoms. The largest absolute Gasteiger partial charge is 0.371 e. The molecule has 2 amide bonds. The van der Waals surface area contributed by atoms with Crippen LogP contribution in [0.1, 0.15) is 26.5 Å². The molecule has 0 fully saturated rings. The summed E-state index contributed by atoms with van der Waals surface area (Å²) < 4.78 is 19.7. The fraction of sp³-hybridized carbons (Fsp3) is 0.211. The number of anilines is 2. The van der Waals surface area contributed by atoms with Crippen molar-refractivity contribution in [3.63, 3.8) is 0 Å². The molecule has 4 N–H and O–H groups in total.